The van der Waals surface area contributed by atoms with Gasteiger partial charge in [-0.05, 0) is 19.1 Å². The maximum absolute atomic E-state index is 12.6. The molecule has 2 rings (SSSR count). The highest BCUT2D eigenvalue weighted by molar-refractivity contribution is 6.21. The quantitative estimate of drug-likeness (QED) is 0.754. The lowest BCUT2D eigenvalue weighted by atomic mass is 10.0. The zero-order valence-corrected chi connectivity index (χ0v) is 9.81. The molecule has 1 heterocycles. The number of nitrogens with zero attached hydrogens (tertiary/aromatic N) is 1. The molecule has 4 heteroatoms. The number of benzene rings is 1. The number of carbonyl (C=O) groups is 2. The van der Waals surface area contributed by atoms with Gasteiger partial charge in [-0.25, -0.2) is 0 Å². The van der Waals surface area contributed by atoms with Gasteiger partial charge in [0, 0.05) is 12.0 Å². The standard InChI is InChI=1S/C13H14FNO2/c1-8(7-14)9(2)15-12(16)10-5-3-4-6-11(10)13(15)17/h3-6,8-9H,7H2,1-2H3. The van der Waals surface area contributed by atoms with Crippen LogP contribution in [0.15, 0.2) is 24.3 Å². The molecule has 1 aromatic rings. The Hall–Kier alpha value is -1.71. The van der Waals surface area contributed by atoms with Crippen LogP contribution >= 0.6 is 0 Å². The Morgan fingerprint density at radius 2 is 1.59 bits per heavy atom. The summed E-state index contributed by atoms with van der Waals surface area (Å²) < 4.78 is 12.6. The molecular formula is C13H14FNO2. The van der Waals surface area contributed by atoms with E-state index in [0.29, 0.717) is 11.1 Å². The fourth-order valence-electron chi connectivity index (χ4n) is 1.96. The number of halogens is 1. The molecule has 0 aromatic heterocycles. The van der Waals surface area contributed by atoms with Crippen molar-refractivity contribution in [2.75, 3.05) is 6.67 Å². The van der Waals surface area contributed by atoms with Crippen molar-refractivity contribution in [2.24, 2.45) is 5.92 Å². The van der Waals surface area contributed by atoms with Crippen molar-refractivity contribution >= 4 is 11.8 Å². The summed E-state index contributed by atoms with van der Waals surface area (Å²) in [5.41, 5.74) is 0.825. The predicted octanol–water partition coefficient (Wildman–Crippen LogP) is 2.28. The minimum absolute atomic E-state index is 0.321. The number of rotatable bonds is 3. The summed E-state index contributed by atoms with van der Waals surface area (Å²) >= 11 is 0. The van der Waals surface area contributed by atoms with Crippen molar-refractivity contribution in [3.63, 3.8) is 0 Å². The highest BCUT2D eigenvalue weighted by Gasteiger charge is 2.39. The number of imide groups is 1. The van der Waals surface area contributed by atoms with E-state index in [-0.39, 0.29) is 17.7 Å². The second kappa shape index (κ2) is 4.28. The van der Waals surface area contributed by atoms with Crippen LogP contribution in [0.3, 0.4) is 0 Å². The van der Waals surface area contributed by atoms with Gasteiger partial charge in [-0.1, -0.05) is 19.1 Å². The van der Waals surface area contributed by atoms with Crippen LogP contribution in [0.2, 0.25) is 0 Å². The number of amides is 2. The minimum Gasteiger partial charge on any atom is -0.271 e. The Bertz CT molecular complexity index is 437. The highest BCUT2D eigenvalue weighted by atomic mass is 19.1. The van der Waals surface area contributed by atoms with Gasteiger partial charge in [0.1, 0.15) is 0 Å². The maximum atomic E-state index is 12.6. The molecule has 2 unspecified atom stereocenters. The Balaban J connectivity index is 2.36. The van der Waals surface area contributed by atoms with Gasteiger partial charge in [0.05, 0.1) is 17.8 Å². The topological polar surface area (TPSA) is 37.4 Å². The van der Waals surface area contributed by atoms with Crippen molar-refractivity contribution in [3.8, 4) is 0 Å². The summed E-state index contributed by atoms with van der Waals surface area (Å²) in [7, 11) is 0. The number of fused-ring (bicyclic) bond motifs is 1. The molecule has 0 radical (unpaired) electrons. The first-order valence-corrected chi connectivity index (χ1v) is 5.60. The van der Waals surface area contributed by atoms with Crippen LogP contribution in [0.4, 0.5) is 4.39 Å². The van der Waals surface area contributed by atoms with E-state index in [1.54, 1.807) is 38.1 Å². The molecule has 2 amide bonds. The Labute approximate surface area is 99.2 Å². The van der Waals surface area contributed by atoms with Gasteiger partial charge >= 0.3 is 0 Å². The molecular weight excluding hydrogens is 221 g/mol. The number of carbonyl (C=O) groups excluding carboxylic acids is 2. The molecule has 0 N–H and O–H groups in total. The Morgan fingerprint density at radius 3 is 2.00 bits per heavy atom. The predicted molar refractivity (Wildman–Crippen MR) is 61.5 cm³/mol. The lowest BCUT2D eigenvalue weighted by Crippen LogP contribution is -2.42. The fourth-order valence-corrected chi connectivity index (χ4v) is 1.96. The van der Waals surface area contributed by atoms with Gasteiger partial charge in [-0.15, -0.1) is 0 Å². The highest BCUT2D eigenvalue weighted by Crippen LogP contribution is 2.26. The largest absolute Gasteiger partial charge is 0.271 e. The summed E-state index contributed by atoms with van der Waals surface area (Å²) in [4.78, 5) is 25.3. The molecule has 1 aliphatic heterocycles. The molecule has 0 fully saturated rings. The lowest BCUT2D eigenvalue weighted by molar-refractivity contribution is 0.0540. The summed E-state index contributed by atoms with van der Waals surface area (Å²) in [6.07, 6.45) is 0. The van der Waals surface area contributed by atoms with Gasteiger partial charge in [0.2, 0.25) is 0 Å². The number of alkyl halides is 1. The van der Waals surface area contributed by atoms with Crippen molar-refractivity contribution < 1.29 is 14.0 Å². The van der Waals surface area contributed by atoms with Crippen molar-refractivity contribution in [1.82, 2.24) is 4.90 Å². The first-order valence-electron chi connectivity index (χ1n) is 5.60. The Kier molecular flexibility index (Phi) is 2.96. The van der Waals surface area contributed by atoms with E-state index in [0.717, 1.165) is 4.90 Å². The molecule has 1 aliphatic rings. The van der Waals surface area contributed by atoms with Crippen molar-refractivity contribution in [3.05, 3.63) is 35.4 Å². The number of hydrogen-bond donors (Lipinski definition) is 0. The monoisotopic (exact) mass is 235 g/mol. The average Bonchev–Trinajstić information content (AvgIpc) is 2.61. The van der Waals surface area contributed by atoms with Crippen LogP contribution in [0.1, 0.15) is 34.6 Å². The van der Waals surface area contributed by atoms with E-state index in [9.17, 15) is 14.0 Å². The molecule has 0 saturated carbocycles. The number of hydrogen-bond acceptors (Lipinski definition) is 2. The average molecular weight is 235 g/mol. The summed E-state index contributed by atoms with van der Waals surface area (Å²) in [6, 6.07) is 6.27. The van der Waals surface area contributed by atoms with E-state index in [1.807, 2.05) is 0 Å². The van der Waals surface area contributed by atoms with E-state index in [2.05, 4.69) is 0 Å². The zero-order chi connectivity index (χ0) is 12.6. The van der Waals surface area contributed by atoms with Gasteiger partial charge < -0.3 is 0 Å². The lowest BCUT2D eigenvalue weighted by Gasteiger charge is -2.26. The van der Waals surface area contributed by atoms with Crippen molar-refractivity contribution in [1.29, 1.82) is 0 Å². The van der Waals surface area contributed by atoms with Crippen LogP contribution < -0.4 is 0 Å². The van der Waals surface area contributed by atoms with Gasteiger partial charge in [-0.2, -0.15) is 0 Å². The third-order valence-corrected chi connectivity index (χ3v) is 3.30. The smallest absolute Gasteiger partial charge is 0.261 e. The normalized spacial score (nSPS) is 18.2. The van der Waals surface area contributed by atoms with Gasteiger partial charge in [-0.3, -0.25) is 18.9 Å². The second-order valence-corrected chi connectivity index (χ2v) is 4.40. The third-order valence-electron chi connectivity index (χ3n) is 3.30. The molecule has 2 atom stereocenters. The first kappa shape index (κ1) is 11.8. The molecule has 0 bridgehead atoms. The fraction of sp³-hybridized carbons (Fsp3) is 0.385. The molecule has 0 saturated heterocycles. The van der Waals surface area contributed by atoms with Crippen LogP contribution in [0, 0.1) is 5.92 Å². The molecule has 90 valence electrons. The summed E-state index contributed by atoms with van der Waals surface area (Å²) in [5.74, 6) is -0.992. The molecule has 0 aliphatic carbocycles. The first-order chi connectivity index (χ1) is 8.07. The summed E-state index contributed by atoms with van der Waals surface area (Å²) in [6.45, 7) is 2.84. The summed E-state index contributed by atoms with van der Waals surface area (Å²) in [5, 5.41) is 0. The van der Waals surface area contributed by atoms with E-state index < -0.39 is 12.7 Å². The van der Waals surface area contributed by atoms with Crippen LogP contribution in [-0.4, -0.2) is 29.4 Å². The van der Waals surface area contributed by atoms with Crippen molar-refractivity contribution in [2.45, 2.75) is 19.9 Å². The SMILES string of the molecule is CC(CF)C(C)N1C(=O)c2ccccc2C1=O. The molecule has 1 aromatic carbocycles. The maximum Gasteiger partial charge on any atom is 0.261 e. The molecule has 17 heavy (non-hydrogen) atoms. The molecule has 0 spiro atoms. The van der Waals surface area contributed by atoms with E-state index in [1.165, 1.54) is 0 Å². The van der Waals surface area contributed by atoms with Gasteiger partial charge in [0.15, 0.2) is 0 Å². The van der Waals surface area contributed by atoms with E-state index >= 15 is 0 Å². The van der Waals surface area contributed by atoms with Crippen LogP contribution in [0.5, 0.6) is 0 Å². The Morgan fingerprint density at radius 1 is 1.12 bits per heavy atom. The van der Waals surface area contributed by atoms with Gasteiger partial charge in [0.25, 0.3) is 11.8 Å². The minimum atomic E-state index is -0.547. The molecule has 3 nitrogen and oxygen atoms in total. The van der Waals surface area contributed by atoms with Crippen LogP contribution in [0.25, 0.3) is 0 Å². The third kappa shape index (κ3) is 1.73. The zero-order valence-electron chi connectivity index (χ0n) is 9.81. The van der Waals surface area contributed by atoms with Crippen LogP contribution in [-0.2, 0) is 0 Å². The second-order valence-electron chi connectivity index (χ2n) is 4.40. The van der Waals surface area contributed by atoms with E-state index in [4.69, 9.17) is 0 Å².